The van der Waals surface area contributed by atoms with Gasteiger partial charge in [-0.1, -0.05) is 53.7 Å². The minimum absolute atomic E-state index is 0.369. The van der Waals surface area contributed by atoms with Gasteiger partial charge in [0.1, 0.15) is 10.8 Å². The lowest BCUT2D eigenvalue weighted by molar-refractivity contribution is 0.395. The van der Waals surface area contributed by atoms with E-state index in [4.69, 9.17) is 16.3 Å². The van der Waals surface area contributed by atoms with E-state index < -0.39 is 0 Å². The molecule has 0 bridgehead atoms. The minimum Gasteiger partial charge on any atom is -0.480 e. The summed E-state index contributed by atoms with van der Waals surface area (Å²) in [5.74, 6) is 1.86. The van der Waals surface area contributed by atoms with Crippen LogP contribution in [0.2, 0.25) is 5.02 Å². The first-order valence-electron chi connectivity index (χ1n) is 6.32. The predicted octanol–water partition coefficient (Wildman–Crippen LogP) is 3.39. The van der Waals surface area contributed by atoms with Crippen LogP contribution in [0, 0.1) is 6.92 Å². The van der Waals surface area contributed by atoms with Gasteiger partial charge in [-0.05, 0) is 12.5 Å². The van der Waals surface area contributed by atoms with E-state index in [2.05, 4.69) is 27.2 Å². The zero-order valence-electron chi connectivity index (χ0n) is 11.6. The number of fused-ring (bicyclic) bond motifs is 1. The Hall–Kier alpha value is -1.79. The molecule has 0 N–H and O–H groups in total. The molecule has 0 atom stereocenters. The Bertz CT molecular complexity index is 775. The number of nitrogens with zero attached hydrogens (tertiary/aromatic N) is 4. The highest BCUT2D eigenvalue weighted by Gasteiger charge is 2.15. The van der Waals surface area contributed by atoms with Crippen LogP contribution >= 0.6 is 23.4 Å². The standard InChI is InChI=1S/C14H13ClN4OS/c1-9-16-13(20-2)11(15)12-17-14(18-19(9)12)21-8-10-6-4-3-5-7-10/h3-7H,8H2,1-2H3. The van der Waals surface area contributed by atoms with Gasteiger partial charge in [-0.2, -0.15) is 14.5 Å². The molecule has 0 aliphatic rings. The third-order valence-electron chi connectivity index (χ3n) is 2.95. The highest BCUT2D eigenvalue weighted by atomic mass is 35.5. The molecule has 2 aromatic heterocycles. The van der Waals surface area contributed by atoms with Crippen molar-refractivity contribution in [3.8, 4) is 5.88 Å². The van der Waals surface area contributed by atoms with Crippen molar-refractivity contribution in [1.82, 2.24) is 19.6 Å². The molecule has 0 aliphatic carbocycles. The van der Waals surface area contributed by atoms with Crippen LogP contribution in [-0.2, 0) is 5.75 Å². The number of halogens is 1. The number of ether oxygens (including phenoxy) is 1. The van der Waals surface area contributed by atoms with Crippen molar-refractivity contribution in [2.75, 3.05) is 7.11 Å². The number of aryl methyl sites for hydroxylation is 1. The summed E-state index contributed by atoms with van der Waals surface area (Å²) in [5, 5.41) is 5.47. The zero-order valence-corrected chi connectivity index (χ0v) is 13.1. The summed E-state index contributed by atoms with van der Waals surface area (Å²) in [7, 11) is 1.53. The van der Waals surface area contributed by atoms with Crippen LogP contribution in [0.15, 0.2) is 35.5 Å². The summed E-state index contributed by atoms with van der Waals surface area (Å²) in [4.78, 5) is 8.71. The second-order valence-corrected chi connectivity index (χ2v) is 5.71. The summed E-state index contributed by atoms with van der Waals surface area (Å²) in [6.45, 7) is 1.84. The number of rotatable bonds is 4. The van der Waals surface area contributed by atoms with Gasteiger partial charge in [0.25, 0.3) is 0 Å². The van der Waals surface area contributed by atoms with Crippen LogP contribution in [0.5, 0.6) is 5.88 Å². The number of thioether (sulfide) groups is 1. The molecular formula is C14H13ClN4OS. The molecule has 0 saturated heterocycles. The van der Waals surface area contributed by atoms with E-state index >= 15 is 0 Å². The lowest BCUT2D eigenvalue weighted by Gasteiger charge is -2.04. The summed E-state index contributed by atoms with van der Waals surface area (Å²) in [6.07, 6.45) is 0. The van der Waals surface area contributed by atoms with E-state index in [1.165, 1.54) is 12.7 Å². The number of hydrogen-bond acceptors (Lipinski definition) is 5. The Kier molecular flexibility index (Phi) is 3.98. The Morgan fingerprint density at radius 2 is 2.00 bits per heavy atom. The third-order valence-corrected chi connectivity index (χ3v) is 4.19. The van der Waals surface area contributed by atoms with Crippen molar-refractivity contribution in [2.45, 2.75) is 17.8 Å². The van der Waals surface area contributed by atoms with E-state index in [1.807, 2.05) is 25.1 Å². The average Bonchev–Trinajstić information content (AvgIpc) is 2.95. The van der Waals surface area contributed by atoms with Crippen LogP contribution in [0.1, 0.15) is 11.4 Å². The van der Waals surface area contributed by atoms with Crippen LogP contribution in [0.3, 0.4) is 0 Å². The number of methoxy groups -OCH3 is 1. The molecule has 108 valence electrons. The first kappa shape index (κ1) is 14.2. The molecule has 5 nitrogen and oxygen atoms in total. The average molecular weight is 321 g/mol. The molecule has 0 amide bonds. The summed E-state index contributed by atoms with van der Waals surface area (Å²) in [6, 6.07) is 10.2. The topological polar surface area (TPSA) is 52.3 Å². The van der Waals surface area contributed by atoms with Crippen LogP contribution in [-0.4, -0.2) is 26.7 Å². The quantitative estimate of drug-likeness (QED) is 0.690. The van der Waals surface area contributed by atoms with Gasteiger partial charge in [0, 0.05) is 5.75 Å². The molecule has 0 fully saturated rings. The monoisotopic (exact) mass is 320 g/mol. The van der Waals surface area contributed by atoms with Crippen molar-refractivity contribution >= 4 is 29.0 Å². The summed E-state index contributed by atoms with van der Waals surface area (Å²) >= 11 is 7.78. The molecule has 3 aromatic rings. The van der Waals surface area contributed by atoms with Gasteiger partial charge in [-0.3, -0.25) is 0 Å². The fraction of sp³-hybridized carbons (Fsp3) is 0.214. The maximum atomic E-state index is 6.22. The van der Waals surface area contributed by atoms with Gasteiger partial charge in [-0.15, -0.1) is 5.10 Å². The minimum atomic E-state index is 0.369. The van der Waals surface area contributed by atoms with Crippen molar-refractivity contribution in [3.63, 3.8) is 0 Å². The number of aromatic nitrogens is 4. The molecule has 0 unspecified atom stereocenters. The van der Waals surface area contributed by atoms with Crippen LogP contribution < -0.4 is 4.74 Å². The highest BCUT2D eigenvalue weighted by molar-refractivity contribution is 7.98. The number of benzene rings is 1. The molecule has 0 aliphatic heterocycles. The van der Waals surface area contributed by atoms with Gasteiger partial charge >= 0.3 is 0 Å². The molecule has 21 heavy (non-hydrogen) atoms. The zero-order chi connectivity index (χ0) is 14.8. The van der Waals surface area contributed by atoms with Gasteiger partial charge in [-0.25, -0.2) is 0 Å². The predicted molar refractivity (Wildman–Crippen MR) is 83.1 cm³/mol. The van der Waals surface area contributed by atoms with Gasteiger partial charge in [0.05, 0.1) is 7.11 Å². The second kappa shape index (κ2) is 5.91. The smallest absolute Gasteiger partial charge is 0.238 e. The molecule has 0 radical (unpaired) electrons. The first-order chi connectivity index (χ1) is 10.2. The van der Waals surface area contributed by atoms with E-state index in [-0.39, 0.29) is 0 Å². The third kappa shape index (κ3) is 2.82. The first-order valence-corrected chi connectivity index (χ1v) is 7.69. The van der Waals surface area contributed by atoms with Crippen molar-refractivity contribution in [3.05, 3.63) is 46.7 Å². The highest BCUT2D eigenvalue weighted by Crippen LogP contribution is 2.28. The summed E-state index contributed by atoms with van der Waals surface area (Å²) < 4.78 is 6.78. The van der Waals surface area contributed by atoms with Gasteiger partial charge in [0.2, 0.25) is 11.0 Å². The van der Waals surface area contributed by atoms with Crippen molar-refractivity contribution in [2.24, 2.45) is 0 Å². The molecule has 0 saturated carbocycles. The largest absolute Gasteiger partial charge is 0.480 e. The summed E-state index contributed by atoms with van der Waals surface area (Å²) in [5.41, 5.74) is 1.79. The fourth-order valence-corrected chi connectivity index (χ4v) is 2.94. The van der Waals surface area contributed by atoms with Crippen molar-refractivity contribution < 1.29 is 4.74 Å². The number of hydrogen-bond donors (Lipinski definition) is 0. The van der Waals surface area contributed by atoms with Crippen LogP contribution in [0.25, 0.3) is 5.65 Å². The molecule has 1 aromatic carbocycles. The molecule has 2 heterocycles. The lowest BCUT2D eigenvalue weighted by atomic mass is 10.2. The lowest BCUT2D eigenvalue weighted by Crippen LogP contribution is -2.01. The maximum Gasteiger partial charge on any atom is 0.238 e. The normalized spacial score (nSPS) is 11.0. The SMILES string of the molecule is COc1nc(C)n2nc(SCc3ccccc3)nc2c1Cl. The molecular weight excluding hydrogens is 308 g/mol. The Morgan fingerprint density at radius 1 is 1.24 bits per heavy atom. The molecule has 3 rings (SSSR count). The Morgan fingerprint density at radius 3 is 2.71 bits per heavy atom. The Labute approximate surface area is 131 Å². The van der Waals surface area contributed by atoms with E-state index in [0.717, 1.165) is 5.75 Å². The second-order valence-electron chi connectivity index (χ2n) is 4.39. The maximum absolute atomic E-state index is 6.22. The Balaban J connectivity index is 1.91. The van der Waals surface area contributed by atoms with E-state index in [1.54, 1.807) is 16.3 Å². The van der Waals surface area contributed by atoms with Crippen molar-refractivity contribution in [1.29, 1.82) is 0 Å². The fourth-order valence-electron chi connectivity index (χ4n) is 1.92. The van der Waals surface area contributed by atoms with Gasteiger partial charge in [0.15, 0.2) is 5.65 Å². The molecule has 0 spiro atoms. The van der Waals surface area contributed by atoms with E-state index in [9.17, 15) is 0 Å². The molecule has 7 heteroatoms. The van der Waals surface area contributed by atoms with E-state index in [0.29, 0.717) is 27.5 Å². The van der Waals surface area contributed by atoms with Crippen LogP contribution in [0.4, 0.5) is 0 Å². The van der Waals surface area contributed by atoms with Gasteiger partial charge < -0.3 is 4.74 Å².